The van der Waals surface area contributed by atoms with Gasteiger partial charge in [-0.25, -0.2) is 0 Å². The Hall–Kier alpha value is -0.0800. The maximum absolute atomic E-state index is 5.75. The van der Waals surface area contributed by atoms with Gasteiger partial charge >= 0.3 is 0 Å². The number of hydrogen-bond acceptors (Lipinski definition) is 2. The molecule has 1 saturated carbocycles. The Kier molecular flexibility index (Phi) is 0.945. The van der Waals surface area contributed by atoms with E-state index in [-0.39, 0.29) is 0 Å². The average Bonchev–Trinajstić information content (AvgIpc) is 2.37. The zero-order valence-electron chi connectivity index (χ0n) is 5.93. The van der Waals surface area contributed by atoms with Crippen LogP contribution < -0.4 is 5.73 Å². The summed E-state index contributed by atoms with van der Waals surface area (Å²) in [6, 6.07) is 0.542. The fourth-order valence-corrected chi connectivity index (χ4v) is 1.81. The summed E-state index contributed by atoms with van der Waals surface area (Å²) >= 11 is 0. The minimum atomic E-state index is 0.542. The molecule has 52 valence electrons. The first-order valence-corrected chi connectivity index (χ1v) is 3.75. The van der Waals surface area contributed by atoms with Gasteiger partial charge in [0, 0.05) is 24.5 Å². The van der Waals surface area contributed by atoms with Gasteiger partial charge in [0.25, 0.3) is 0 Å². The van der Waals surface area contributed by atoms with Crippen LogP contribution in [0, 0.1) is 5.41 Å². The minimum absolute atomic E-state index is 0.542. The number of likely N-dealkylation sites (tertiary alicyclic amines) is 1. The van der Waals surface area contributed by atoms with Crippen molar-refractivity contribution in [1.29, 1.82) is 0 Å². The lowest BCUT2D eigenvalue weighted by Gasteiger charge is -2.39. The second-order valence-corrected chi connectivity index (χ2v) is 3.48. The second kappa shape index (κ2) is 1.50. The minimum Gasteiger partial charge on any atom is -0.327 e. The van der Waals surface area contributed by atoms with Crippen molar-refractivity contribution in [2.45, 2.75) is 19.4 Å². The summed E-state index contributed by atoms with van der Waals surface area (Å²) in [5.74, 6) is 0. The molecule has 2 fully saturated rings. The zero-order valence-corrected chi connectivity index (χ0v) is 5.93. The molecule has 0 aromatic carbocycles. The molecule has 0 bridgehead atoms. The fraction of sp³-hybridized carbons (Fsp3) is 1.00. The summed E-state index contributed by atoms with van der Waals surface area (Å²) in [6.07, 6.45) is 1.28. The van der Waals surface area contributed by atoms with Gasteiger partial charge in [0.1, 0.15) is 0 Å². The Balaban J connectivity index is 1.85. The van der Waals surface area contributed by atoms with Crippen LogP contribution in [-0.2, 0) is 0 Å². The molecule has 2 rings (SSSR count). The third kappa shape index (κ3) is 0.634. The van der Waals surface area contributed by atoms with Crippen molar-refractivity contribution in [3.8, 4) is 0 Å². The van der Waals surface area contributed by atoms with E-state index >= 15 is 0 Å². The Bertz CT molecular complexity index is 127. The van der Waals surface area contributed by atoms with E-state index in [1.807, 2.05) is 0 Å². The molecular formula is C7H14N2. The van der Waals surface area contributed by atoms with Gasteiger partial charge in [-0.15, -0.1) is 0 Å². The van der Waals surface area contributed by atoms with E-state index in [1.165, 1.54) is 26.1 Å². The zero-order chi connectivity index (χ0) is 6.48. The number of rotatable bonds is 1. The van der Waals surface area contributed by atoms with Crippen molar-refractivity contribution >= 4 is 0 Å². The third-order valence-electron chi connectivity index (χ3n) is 2.78. The van der Waals surface area contributed by atoms with Crippen LogP contribution in [0.2, 0.25) is 0 Å². The van der Waals surface area contributed by atoms with Crippen molar-refractivity contribution < 1.29 is 0 Å². The molecule has 2 N–H and O–H groups in total. The molecule has 0 amide bonds. The quantitative estimate of drug-likeness (QED) is 0.537. The lowest BCUT2D eigenvalue weighted by molar-refractivity contribution is 0.0840. The van der Waals surface area contributed by atoms with E-state index in [1.54, 1.807) is 0 Å². The first-order chi connectivity index (χ1) is 4.27. The summed E-state index contributed by atoms with van der Waals surface area (Å²) in [7, 11) is 0. The van der Waals surface area contributed by atoms with Gasteiger partial charge in [-0.1, -0.05) is 6.92 Å². The van der Waals surface area contributed by atoms with Gasteiger partial charge in [-0.05, 0) is 13.0 Å². The Morgan fingerprint density at radius 1 is 1.67 bits per heavy atom. The van der Waals surface area contributed by atoms with Crippen LogP contribution in [0.5, 0.6) is 0 Å². The van der Waals surface area contributed by atoms with Gasteiger partial charge in [0.2, 0.25) is 0 Å². The smallest absolute Gasteiger partial charge is 0.0127 e. The highest BCUT2D eigenvalue weighted by Crippen LogP contribution is 2.51. The van der Waals surface area contributed by atoms with Gasteiger partial charge in [0.05, 0.1) is 0 Å². The van der Waals surface area contributed by atoms with Crippen molar-refractivity contribution in [2.24, 2.45) is 11.1 Å². The van der Waals surface area contributed by atoms with Crippen molar-refractivity contribution in [1.82, 2.24) is 4.90 Å². The van der Waals surface area contributed by atoms with E-state index in [0.29, 0.717) is 11.5 Å². The van der Waals surface area contributed by atoms with Crippen molar-refractivity contribution in [3.05, 3.63) is 0 Å². The molecular weight excluding hydrogens is 112 g/mol. The fourth-order valence-electron chi connectivity index (χ4n) is 1.81. The molecule has 0 radical (unpaired) electrons. The summed E-state index contributed by atoms with van der Waals surface area (Å²) in [5, 5.41) is 0. The van der Waals surface area contributed by atoms with Crippen LogP contribution in [0.1, 0.15) is 13.3 Å². The van der Waals surface area contributed by atoms with E-state index in [9.17, 15) is 0 Å². The van der Waals surface area contributed by atoms with Gasteiger partial charge < -0.3 is 10.6 Å². The molecule has 0 aromatic heterocycles. The lowest BCUT2D eigenvalue weighted by Crippen LogP contribution is -2.50. The van der Waals surface area contributed by atoms with Crippen LogP contribution >= 0.6 is 0 Å². The van der Waals surface area contributed by atoms with Crippen molar-refractivity contribution in [2.75, 3.05) is 19.6 Å². The predicted molar refractivity (Wildman–Crippen MR) is 37.1 cm³/mol. The summed E-state index contributed by atoms with van der Waals surface area (Å²) in [6.45, 7) is 5.95. The molecule has 1 heterocycles. The molecule has 0 aromatic rings. The molecule has 2 aliphatic rings. The molecule has 9 heavy (non-hydrogen) atoms. The standard InChI is InChI=1S/C7H14N2/c1-2-9-4-7(5-9)3-6(7)8/h6H,2-5,8H2,1H3. The SMILES string of the molecule is CCN1CC2(CC2N)C1. The van der Waals surface area contributed by atoms with Crippen LogP contribution in [0.15, 0.2) is 0 Å². The highest BCUT2D eigenvalue weighted by atomic mass is 15.2. The molecule has 1 atom stereocenters. The third-order valence-corrected chi connectivity index (χ3v) is 2.78. The number of hydrogen-bond donors (Lipinski definition) is 1. The van der Waals surface area contributed by atoms with Gasteiger partial charge in [-0.2, -0.15) is 0 Å². The van der Waals surface area contributed by atoms with Crippen molar-refractivity contribution in [3.63, 3.8) is 0 Å². The first-order valence-electron chi connectivity index (χ1n) is 3.75. The maximum atomic E-state index is 5.75. The average molecular weight is 126 g/mol. The first kappa shape index (κ1) is 5.69. The molecule has 2 nitrogen and oxygen atoms in total. The Morgan fingerprint density at radius 2 is 2.22 bits per heavy atom. The largest absolute Gasteiger partial charge is 0.327 e. The van der Waals surface area contributed by atoms with E-state index in [0.717, 1.165) is 0 Å². The van der Waals surface area contributed by atoms with Crippen LogP contribution in [0.4, 0.5) is 0 Å². The second-order valence-electron chi connectivity index (χ2n) is 3.48. The van der Waals surface area contributed by atoms with Gasteiger partial charge in [-0.3, -0.25) is 0 Å². The van der Waals surface area contributed by atoms with Crippen LogP contribution in [0.3, 0.4) is 0 Å². The molecule has 1 aliphatic carbocycles. The normalized spacial score (nSPS) is 38.7. The predicted octanol–water partition coefficient (Wildman–Crippen LogP) is 0.0393. The topological polar surface area (TPSA) is 29.3 Å². The molecule has 1 aliphatic heterocycles. The molecule has 2 heteroatoms. The summed E-state index contributed by atoms with van der Waals surface area (Å²) in [5.41, 5.74) is 6.36. The maximum Gasteiger partial charge on any atom is 0.0127 e. The lowest BCUT2D eigenvalue weighted by atomic mass is 9.96. The van der Waals surface area contributed by atoms with Gasteiger partial charge in [0.15, 0.2) is 0 Å². The Morgan fingerprint density at radius 3 is 2.56 bits per heavy atom. The summed E-state index contributed by atoms with van der Waals surface area (Å²) < 4.78 is 0. The van der Waals surface area contributed by atoms with Crippen LogP contribution in [0.25, 0.3) is 0 Å². The number of nitrogens with two attached hydrogens (primary N) is 1. The molecule has 1 saturated heterocycles. The van der Waals surface area contributed by atoms with E-state index in [4.69, 9.17) is 5.73 Å². The highest BCUT2D eigenvalue weighted by Gasteiger charge is 2.58. The van der Waals surface area contributed by atoms with E-state index in [2.05, 4.69) is 11.8 Å². The Labute approximate surface area is 56.0 Å². The summed E-state index contributed by atoms with van der Waals surface area (Å²) in [4.78, 5) is 2.45. The van der Waals surface area contributed by atoms with E-state index < -0.39 is 0 Å². The highest BCUT2D eigenvalue weighted by molar-refractivity contribution is 5.14. The van der Waals surface area contributed by atoms with Crippen LogP contribution in [-0.4, -0.2) is 30.6 Å². The monoisotopic (exact) mass is 126 g/mol. The molecule has 1 spiro atoms. The number of nitrogens with zero attached hydrogens (tertiary/aromatic N) is 1. The molecule has 1 unspecified atom stereocenters.